The fraction of sp³-hybridized carbons (Fsp3) is 0.190. The van der Waals surface area contributed by atoms with Crippen LogP contribution in [0.1, 0.15) is 0 Å². The van der Waals surface area contributed by atoms with Gasteiger partial charge in [-0.15, -0.1) is 11.3 Å². The molecule has 4 nitrogen and oxygen atoms in total. The Morgan fingerprint density at radius 1 is 0.923 bits per heavy atom. The quantitative estimate of drug-likeness (QED) is 0.525. The molecule has 0 aliphatic carbocycles. The van der Waals surface area contributed by atoms with E-state index < -0.39 is 0 Å². The fourth-order valence-corrected chi connectivity index (χ4v) is 4.65. The van der Waals surface area contributed by atoms with Crippen molar-refractivity contribution in [2.75, 3.05) is 31.2 Å². The van der Waals surface area contributed by atoms with E-state index in [0.717, 1.165) is 24.0 Å². The molecule has 130 valence electrons. The minimum atomic E-state index is -0.0377. The Bertz CT molecular complexity index is 1150. The van der Waals surface area contributed by atoms with Crippen molar-refractivity contribution in [3.63, 3.8) is 0 Å². The molecule has 0 saturated carbocycles. The number of benzene rings is 2. The molecule has 5 heteroatoms. The van der Waals surface area contributed by atoms with E-state index in [1.807, 2.05) is 18.2 Å². The molecular formula is C21H17NO3S. The molecule has 1 saturated heterocycles. The van der Waals surface area contributed by atoms with Gasteiger partial charge in [0.2, 0.25) is 0 Å². The molecule has 1 aliphatic heterocycles. The predicted octanol–water partition coefficient (Wildman–Crippen LogP) is 4.51. The van der Waals surface area contributed by atoms with E-state index in [9.17, 15) is 4.79 Å². The van der Waals surface area contributed by atoms with Crippen LogP contribution in [0.5, 0.6) is 0 Å². The van der Waals surface area contributed by atoms with Gasteiger partial charge in [-0.3, -0.25) is 4.79 Å². The SMILES string of the molecule is O=c1cc(-c2cccc3sc4ccccc4c23)oc(N2CCOCC2)c1. The molecule has 0 amide bonds. The number of anilines is 1. The second-order valence-electron chi connectivity index (χ2n) is 6.37. The number of thiophene rings is 1. The molecule has 0 atom stereocenters. The molecule has 1 fully saturated rings. The van der Waals surface area contributed by atoms with Crippen LogP contribution in [0.4, 0.5) is 5.88 Å². The van der Waals surface area contributed by atoms with Crippen LogP contribution in [-0.2, 0) is 4.74 Å². The van der Waals surface area contributed by atoms with E-state index in [1.165, 1.54) is 14.8 Å². The maximum Gasteiger partial charge on any atom is 0.200 e. The van der Waals surface area contributed by atoms with Gasteiger partial charge >= 0.3 is 0 Å². The van der Waals surface area contributed by atoms with E-state index in [0.29, 0.717) is 24.9 Å². The highest BCUT2D eigenvalue weighted by molar-refractivity contribution is 7.25. The van der Waals surface area contributed by atoms with E-state index in [-0.39, 0.29) is 5.43 Å². The summed E-state index contributed by atoms with van der Waals surface area (Å²) in [6, 6.07) is 17.7. The smallest absolute Gasteiger partial charge is 0.200 e. The molecule has 4 aromatic rings. The third-order valence-corrected chi connectivity index (χ3v) is 5.88. The van der Waals surface area contributed by atoms with Crippen molar-refractivity contribution in [3.8, 4) is 11.3 Å². The number of ether oxygens (including phenoxy) is 1. The number of nitrogens with zero attached hydrogens (tertiary/aromatic N) is 1. The lowest BCUT2D eigenvalue weighted by Gasteiger charge is -2.27. The predicted molar refractivity (Wildman–Crippen MR) is 106 cm³/mol. The van der Waals surface area contributed by atoms with Crippen LogP contribution < -0.4 is 10.3 Å². The van der Waals surface area contributed by atoms with Crippen molar-refractivity contribution in [1.82, 2.24) is 0 Å². The molecule has 3 heterocycles. The van der Waals surface area contributed by atoms with Crippen LogP contribution in [0.3, 0.4) is 0 Å². The summed E-state index contributed by atoms with van der Waals surface area (Å²) in [7, 11) is 0. The largest absolute Gasteiger partial charge is 0.440 e. The highest BCUT2D eigenvalue weighted by Gasteiger charge is 2.17. The van der Waals surface area contributed by atoms with Crippen LogP contribution in [0, 0.1) is 0 Å². The second kappa shape index (κ2) is 6.27. The molecule has 2 aromatic carbocycles. The summed E-state index contributed by atoms with van der Waals surface area (Å²) >= 11 is 1.76. The maximum atomic E-state index is 12.3. The van der Waals surface area contributed by atoms with Crippen LogP contribution in [0.2, 0.25) is 0 Å². The lowest BCUT2D eigenvalue weighted by atomic mass is 10.0. The monoisotopic (exact) mass is 363 g/mol. The highest BCUT2D eigenvalue weighted by Crippen LogP contribution is 2.40. The first-order chi connectivity index (χ1) is 12.8. The normalized spacial score (nSPS) is 15.0. The van der Waals surface area contributed by atoms with Crippen molar-refractivity contribution in [2.45, 2.75) is 0 Å². The van der Waals surface area contributed by atoms with E-state index in [4.69, 9.17) is 9.15 Å². The van der Waals surface area contributed by atoms with Crippen molar-refractivity contribution < 1.29 is 9.15 Å². The molecule has 0 bridgehead atoms. The van der Waals surface area contributed by atoms with Gasteiger partial charge < -0.3 is 14.1 Å². The third kappa shape index (κ3) is 2.60. The van der Waals surface area contributed by atoms with Gasteiger partial charge in [0.25, 0.3) is 0 Å². The lowest BCUT2D eigenvalue weighted by molar-refractivity contribution is 0.120. The number of rotatable bonds is 2. The zero-order chi connectivity index (χ0) is 17.5. The summed E-state index contributed by atoms with van der Waals surface area (Å²) in [5.74, 6) is 1.24. The van der Waals surface area contributed by atoms with Gasteiger partial charge in [-0.25, -0.2) is 0 Å². The molecule has 26 heavy (non-hydrogen) atoms. The van der Waals surface area contributed by atoms with Crippen LogP contribution >= 0.6 is 11.3 Å². The summed E-state index contributed by atoms with van der Waals surface area (Å²) in [4.78, 5) is 14.4. The minimum Gasteiger partial charge on any atom is -0.440 e. The average molecular weight is 363 g/mol. The first kappa shape index (κ1) is 15.6. The van der Waals surface area contributed by atoms with Gasteiger partial charge in [-0.05, 0) is 12.1 Å². The van der Waals surface area contributed by atoms with Gasteiger partial charge in [-0.2, -0.15) is 0 Å². The van der Waals surface area contributed by atoms with Gasteiger partial charge in [0.15, 0.2) is 11.3 Å². The second-order valence-corrected chi connectivity index (χ2v) is 7.46. The molecule has 5 rings (SSSR count). The maximum absolute atomic E-state index is 12.3. The van der Waals surface area contributed by atoms with Crippen molar-refractivity contribution >= 4 is 37.4 Å². The van der Waals surface area contributed by atoms with Crippen LogP contribution in [-0.4, -0.2) is 26.3 Å². The summed E-state index contributed by atoms with van der Waals surface area (Å²) in [5.41, 5.74) is 0.927. The Balaban J connectivity index is 1.73. The zero-order valence-corrected chi connectivity index (χ0v) is 14.9. The molecule has 0 N–H and O–H groups in total. The molecule has 1 aliphatic rings. The number of hydrogen-bond donors (Lipinski definition) is 0. The molecule has 0 radical (unpaired) electrons. The molecule has 2 aromatic heterocycles. The number of morpholine rings is 1. The minimum absolute atomic E-state index is 0.0377. The summed E-state index contributed by atoms with van der Waals surface area (Å²) in [5, 5.41) is 2.35. The molecule has 0 spiro atoms. The topological polar surface area (TPSA) is 42.7 Å². The number of hydrogen-bond acceptors (Lipinski definition) is 5. The summed E-state index contributed by atoms with van der Waals surface area (Å²) in [6.07, 6.45) is 0. The van der Waals surface area contributed by atoms with E-state index >= 15 is 0 Å². The number of fused-ring (bicyclic) bond motifs is 3. The summed E-state index contributed by atoms with van der Waals surface area (Å²) in [6.45, 7) is 2.77. The van der Waals surface area contributed by atoms with Crippen molar-refractivity contribution in [3.05, 3.63) is 64.8 Å². The third-order valence-electron chi connectivity index (χ3n) is 4.74. The van der Waals surface area contributed by atoms with Gasteiger partial charge in [0.05, 0.1) is 13.2 Å². The Morgan fingerprint density at radius 3 is 2.62 bits per heavy atom. The van der Waals surface area contributed by atoms with Crippen molar-refractivity contribution in [2.24, 2.45) is 0 Å². The van der Waals surface area contributed by atoms with Gasteiger partial charge in [0, 0.05) is 51.0 Å². The van der Waals surface area contributed by atoms with Gasteiger partial charge in [-0.1, -0.05) is 30.3 Å². The fourth-order valence-electron chi connectivity index (χ4n) is 3.52. The van der Waals surface area contributed by atoms with E-state index in [2.05, 4.69) is 29.2 Å². The molecular weight excluding hydrogens is 346 g/mol. The first-order valence-corrected chi connectivity index (χ1v) is 9.50. The zero-order valence-electron chi connectivity index (χ0n) is 14.1. The Hall–Kier alpha value is -2.63. The Morgan fingerprint density at radius 2 is 1.73 bits per heavy atom. The standard InChI is InChI=1S/C21H17NO3S/c23-14-12-17(25-20(13-14)22-8-10-24-11-9-22)15-5-3-7-19-21(15)16-4-1-2-6-18(16)26-19/h1-7,12-13H,8-11H2. The Labute approximate surface area is 154 Å². The molecule has 0 unspecified atom stereocenters. The Kier molecular flexibility index (Phi) is 3.76. The van der Waals surface area contributed by atoms with Gasteiger partial charge in [0.1, 0.15) is 5.76 Å². The van der Waals surface area contributed by atoms with E-state index in [1.54, 1.807) is 23.5 Å². The highest BCUT2D eigenvalue weighted by atomic mass is 32.1. The van der Waals surface area contributed by atoms with Crippen LogP contribution in [0.25, 0.3) is 31.5 Å². The lowest BCUT2D eigenvalue weighted by Crippen LogP contribution is -2.36. The van der Waals surface area contributed by atoms with Crippen molar-refractivity contribution in [1.29, 1.82) is 0 Å². The average Bonchev–Trinajstić information content (AvgIpc) is 3.07. The first-order valence-electron chi connectivity index (χ1n) is 8.68. The summed E-state index contributed by atoms with van der Waals surface area (Å²) < 4.78 is 14.0. The van der Waals surface area contributed by atoms with Crippen LogP contribution in [0.15, 0.2) is 63.8 Å².